The number of hydrogen-bond acceptors (Lipinski definition) is 1. The summed E-state index contributed by atoms with van der Waals surface area (Å²) in [5, 5.41) is 0. The van der Waals surface area contributed by atoms with E-state index in [-0.39, 0.29) is 20.9 Å². The molecule has 0 radical (unpaired) electrons. The van der Waals surface area contributed by atoms with Gasteiger partial charge >= 0.3 is 109 Å². The quantitative estimate of drug-likeness (QED) is 0.771. The van der Waals surface area contributed by atoms with Crippen molar-refractivity contribution >= 4 is 24.5 Å². The molecule has 0 heterocycles. The number of ether oxygens (including phenoxy) is 1. The van der Waals surface area contributed by atoms with Crippen molar-refractivity contribution < 1.29 is 4.74 Å². The van der Waals surface area contributed by atoms with Gasteiger partial charge in [-0.15, -0.1) is 0 Å². The molecular formula is C14H20OTe. The topological polar surface area (TPSA) is 9.23 Å². The summed E-state index contributed by atoms with van der Waals surface area (Å²) >= 11 is 0.0456. The van der Waals surface area contributed by atoms with E-state index in [0.717, 1.165) is 11.7 Å². The van der Waals surface area contributed by atoms with Crippen LogP contribution in [0.15, 0.2) is 24.3 Å². The molecule has 1 aliphatic carbocycles. The van der Waals surface area contributed by atoms with Gasteiger partial charge < -0.3 is 0 Å². The molecule has 0 aromatic heterocycles. The predicted octanol–water partition coefficient (Wildman–Crippen LogP) is 3.02. The van der Waals surface area contributed by atoms with Gasteiger partial charge in [-0.2, -0.15) is 0 Å². The average Bonchev–Trinajstić information content (AvgIpc) is 2.38. The van der Waals surface area contributed by atoms with E-state index in [1.807, 2.05) is 0 Å². The van der Waals surface area contributed by atoms with E-state index in [1.165, 1.54) is 36.6 Å². The van der Waals surface area contributed by atoms with Crippen LogP contribution in [0.5, 0.6) is 5.75 Å². The van der Waals surface area contributed by atoms with Gasteiger partial charge in [-0.05, 0) is 0 Å². The molecule has 0 amide bonds. The van der Waals surface area contributed by atoms with Gasteiger partial charge in [0.05, 0.1) is 0 Å². The Morgan fingerprint density at radius 2 is 1.81 bits per heavy atom. The molecule has 1 nitrogen and oxygen atoms in total. The molecule has 1 aromatic carbocycles. The zero-order chi connectivity index (χ0) is 11.2. The summed E-state index contributed by atoms with van der Waals surface area (Å²) in [4.78, 5) is 0. The first-order valence-corrected chi connectivity index (χ1v) is 8.96. The molecule has 2 heteroatoms. The summed E-state index contributed by atoms with van der Waals surface area (Å²) in [5.74, 6) is 2.02. The van der Waals surface area contributed by atoms with Crippen molar-refractivity contribution in [2.75, 3.05) is 7.11 Å². The average molecular weight is 332 g/mol. The molecule has 16 heavy (non-hydrogen) atoms. The third kappa shape index (κ3) is 3.68. The summed E-state index contributed by atoms with van der Waals surface area (Å²) in [5.41, 5.74) is 0. The second-order valence-corrected chi connectivity index (χ2v) is 7.61. The molecule has 1 aliphatic rings. The number of benzene rings is 1. The first kappa shape index (κ1) is 12.3. The van der Waals surface area contributed by atoms with Crippen molar-refractivity contribution in [3.63, 3.8) is 0 Å². The van der Waals surface area contributed by atoms with E-state index in [4.69, 9.17) is 4.74 Å². The van der Waals surface area contributed by atoms with E-state index in [9.17, 15) is 0 Å². The Labute approximate surface area is 109 Å². The van der Waals surface area contributed by atoms with Crippen molar-refractivity contribution in [3.8, 4) is 5.75 Å². The van der Waals surface area contributed by atoms with Crippen molar-refractivity contribution in [2.45, 2.75) is 36.6 Å². The molecule has 0 spiro atoms. The van der Waals surface area contributed by atoms with E-state index >= 15 is 0 Å². The summed E-state index contributed by atoms with van der Waals surface area (Å²) in [6, 6.07) is 8.70. The predicted molar refractivity (Wildman–Crippen MR) is 69.8 cm³/mol. The van der Waals surface area contributed by atoms with Crippen LogP contribution in [0.25, 0.3) is 0 Å². The maximum atomic E-state index is 5.18. The van der Waals surface area contributed by atoms with Crippen LogP contribution in [0.4, 0.5) is 0 Å². The van der Waals surface area contributed by atoms with E-state index in [2.05, 4.69) is 24.3 Å². The van der Waals surface area contributed by atoms with Gasteiger partial charge in [0.1, 0.15) is 0 Å². The molecule has 0 N–H and O–H groups in total. The molecule has 0 aliphatic heterocycles. The fraction of sp³-hybridized carbons (Fsp3) is 0.571. The molecule has 0 unspecified atom stereocenters. The third-order valence-corrected chi connectivity index (χ3v) is 6.82. The fourth-order valence-corrected chi connectivity index (χ4v) is 5.35. The zero-order valence-corrected chi connectivity index (χ0v) is 12.3. The second kappa shape index (κ2) is 6.52. The molecule has 2 rings (SSSR count). The Morgan fingerprint density at radius 1 is 1.12 bits per heavy atom. The second-order valence-electron chi connectivity index (χ2n) is 4.49. The van der Waals surface area contributed by atoms with Crippen LogP contribution in [-0.4, -0.2) is 28.0 Å². The van der Waals surface area contributed by atoms with Crippen LogP contribution < -0.4 is 8.35 Å². The molecule has 1 saturated carbocycles. The fourth-order valence-electron chi connectivity index (χ4n) is 2.24. The van der Waals surface area contributed by atoms with Crippen molar-refractivity contribution in [1.29, 1.82) is 0 Å². The minimum absolute atomic E-state index is 0.0456. The van der Waals surface area contributed by atoms with Crippen LogP contribution in [-0.2, 0) is 0 Å². The van der Waals surface area contributed by atoms with Gasteiger partial charge in [-0.1, -0.05) is 0 Å². The van der Waals surface area contributed by atoms with Crippen molar-refractivity contribution in [1.82, 2.24) is 0 Å². The molecule has 1 aromatic rings. The molecule has 1 fully saturated rings. The summed E-state index contributed by atoms with van der Waals surface area (Å²) in [6.07, 6.45) is 7.39. The number of hydrogen-bond donors (Lipinski definition) is 0. The van der Waals surface area contributed by atoms with Gasteiger partial charge in [0.25, 0.3) is 0 Å². The van der Waals surface area contributed by atoms with Gasteiger partial charge in [-0.25, -0.2) is 0 Å². The maximum absolute atomic E-state index is 5.18. The van der Waals surface area contributed by atoms with E-state index in [1.54, 1.807) is 10.7 Å². The Balaban J connectivity index is 1.79. The Bertz CT molecular complexity index is 301. The van der Waals surface area contributed by atoms with Crippen LogP contribution >= 0.6 is 0 Å². The van der Waals surface area contributed by atoms with E-state index < -0.39 is 0 Å². The van der Waals surface area contributed by atoms with Gasteiger partial charge in [0.15, 0.2) is 0 Å². The zero-order valence-electron chi connectivity index (χ0n) is 9.95. The minimum atomic E-state index is 0.0456. The van der Waals surface area contributed by atoms with Crippen LogP contribution in [0, 0.1) is 5.92 Å². The number of methoxy groups -OCH3 is 1. The first-order chi connectivity index (χ1) is 7.88. The monoisotopic (exact) mass is 334 g/mol. The van der Waals surface area contributed by atoms with Gasteiger partial charge in [0.2, 0.25) is 0 Å². The standard InChI is InChI=1S/C14H20OTe/c1-15-13-7-9-14(10-8-13)16-11-12-5-3-2-4-6-12/h7-10,12H,2-6,11H2,1H3. The third-order valence-electron chi connectivity index (χ3n) is 3.27. The number of rotatable bonds is 4. The van der Waals surface area contributed by atoms with Crippen molar-refractivity contribution in [3.05, 3.63) is 24.3 Å². The van der Waals surface area contributed by atoms with Crippen LogP contribution in [0.1, 0.15) is 32.1 Å². The summed E-state index contributed by atoms with van der Waals surface area (Å²) < 4.78 is 8.26. The Morgan fingerprint density at radius 3 is 2.44 bits per heavy atom. The molecule has 0 bridgehead atoms. The normalized spacial score (nSPS) is 17.3. The molecule has 0 saturated heterocycles. The summed E-state index contributed by atoms with van der Waals surface area (Å²) in [7, 11) is 1.73. The van der Waals surface area contributed by atoms with Crippen LogP contribution in [0.2, 0.25) is 4.47 Å². The van der Waals surface area contributed by atoms with Crippen molar-refractivity contribution in [2.24, 2.45) is 5.92 Å². The van der Waals surface area contributed by atoms with Crippen LogP contribution in [0.3, 0.4) is 0 Å². The van der Waals surface area contributed by atoms with Gasteiger partial charge in [-0.3, -0.25) is 0 Å². The molecule has 88 valence electrons. The first-order valence-electron chi connectivity index (χ1n) is 6.15. The molecule has 0 atom stereocenters. The van der Waals surface area contributed by atoms with Gasteiger partial charge in [0, 0.05) is 0 Å². The van der Waals surface area contributed by atoms with E-state index in [0.29, 0.717) is 0 Å². The Hall–Kier alpha value is -0.190. The summed E-state index contributed by atoms with van der Waals surface area (Å²) in [6.45, 7) is 0. The molecular weight excluding hydrogens is 312 g/mol. The Kier molecular flexibility index (Phi) is 5.00. The SMILES string of the molecule is COc1ccc([Te]CC2CCCCC2)cc1.